The molecule has 8 heteroatoms. The van der Waals surface area contributed by atoms with Crippen molar-refractivity contribution in [2.45, 2.75) is 39.7 Å². The second-order valence-electron chi connectivity index (χ2n) is 9.64. The minimum Gasteiger partial charge on any atom is -0.351 e. The number of pyridine rings is 1. The first-order valence-corrected chi connectivity index (χ1v) is 12.6. The van der Waals surface area contributed by atoms with Gasteiger partial charge in [0, 0.05) is 31.2 Å². The second-order valence-corrected chi connectivity index (χ2v) is 10.0. The molecule has 186 valence electrons. The van der Waals surface area contributed by atoms with Crippen LogP contribution >= 0.6 is 11.6 Å². The Bertz CT molecular complexity index is 1520. The minimum absolute atomic E-state index is 0.124. The van der Waals surface area contributed by atoms with Crippen LogP contribution < -0.4 is 15.9 Å². The Morgan fingerprint density at radius 3 is 2.64 bits per heavy atom. The van der Waals surface area contributed by atoms with Crippen molar-refractivity contribution in [2.24, 2.45) is 0 Å². The lowest BCUT2D eigenvalue weighted by Gasteiger charge is -2.35. The zero-order valence-electron chi connectivity index (χ0n) is 20.8. The number of nitrogens with one attached hydrogen (secondary N) is 1. The van der Waals surface area contributed by atoms with Crippen molar-refractivity contribution in [1.82, 2.24) is 19.9 Å². The number of aromatic nitrogens is 3. The third kappa shape index (κ3) is 4.16. The molecule has 0 bridgehead atoms. The van der Waals surface area contributed by atoms with Crippen molar-refractivity contribution in [3.63, 3.8) is 0 Å². The van der Waals surface area contributed by atoms with Crippen molar-refractivity contribution in [1.29, 1.82) is 0 Å². The summed E-state index contributed by atoms with van der Waals surface area (Å²) in [7, 11) is 0. The number of nitrogens with zero attached hydrogens (tertiary/aromatic N) is 4. The van der Waals surface area contributed by atoms with Crippen LogP contribution in [-0.2, 0) is 0 Å². The molecular formula is C28H29ClFN5O. The summed E-state index contributed by atoms with van der Waals surface area (Å²) in [6.45, 7) is 10.5. The Morgan fingerprint density at radius 1 is 1.14 bits per heavy atom. The van der Waals surface area contributed by atoms with Crippen LogP contribution in [0.4, 0.5) is 10.2 Å². The van der Waals surface area contributed by atoms with Gasteiger partial charge in [0.15, 0.2) is 5.65 Å². The molecule has 6 nitrogen and oxygen atoms in total. The third-order valence-electron chi connectivity index (χ3n) is 6.82. The highest BCUT2D eigenvalue weighted by Crippen LogP contribution is 2.36. The van der Waals surface area contributed by atoms with Gasteiger partial charge in [-0.2, -0.15) is 4.98 Å². The van der Waals surface area contributed by atoms with Crippen LogP contribution in [0.5, 0.6) is 0 Å². The number of aryl methyl sites for hydroxylation is 1. The van der Waals surface area contributed by atoms with E-state index in [9.17, 15) is 9.18 Å². The van der Waals surface area contributed by atoms with E-state index in [1.54, 1.807) is 28.8 Å². The molecular weight excluding hydrogens is 477 g/mol. The fourth-order valence-corrected chi connectivity index (χ4v) is 5.23. The van der Waals surface area contributed by atoms with Gasteiger partial charge in [0.1, 0.15) is 11.6 Å². The molecule has 3 heterocycles. The number of piperazine rings is 1. The summed E-state index contributed by atoms with van der Waals surface area (Å²) >= 11 is 6.73. The number of hydrogen-bond donors (Lipinski definition) is 1. The van der Waals surface area contributed by atoms with Crippen LogP contribution in [0, 0.1) is 12.7 Å². The van der Waals surface area contributed by atoms with Gasteiger partial charge in [-0.3, -0.25) is 0 Å². The van der Waals surface area contributed by atoms with Crippen LogP contribution in [0.25, 0.3) is 28.0 Å². The number of para-hydroxylation sites is 1. The lowest BCUT2D eigenvalue weighted by atomic mass is 9.98. The van der Waals surface area contributed by atoms with Gasteiger partial charge < -0.3 is 10.2 Å². The van der Waals surface area contributed by atoms with Crippen molar-refractivity contribution < 1.29 is 4.39 Å². The van der Waals surface area contributed by atoms with Gasteiger partial charge in [0.2, 0.25) is 0 Å². The summed E-state index contributed by atoms with van der Waals surface area (Å²) in [4.78, 5) is 25.4. The van der Waals surface area contributed by atoms with Gasteiger partial charge in [-0.15, -0.1) is 0 Å². The molecule has 1 atom stereocenters. The Labute approximate surface area is 214 Å². The van der Waals surface area contributed by atoms with Gasteiger partial charge in [0.25, 0.3) is 0 Å². The Morgan fingerprint density at radius 2 is 1.92 bits per heavy atom. The van der Waals surface area contributed by atoms with E-state index in [4.69, 9.17) is 16.6 Å². The molecule has 4 aromatic rings. The molecule has 2 aromatic heterocycles. The van der Waals surface area contributed by atoms with E-state index in [0.717, 1.165) is 29.9 Å². The molecule has 0 spiro atoms. The van der Waals surface area contributed by atoms with Crippen LogP contribution in [0.15, 0.2) is 53.3 Å². The van der Waals surface area contributed by atoms with Crippen molar-refractivity contribution in [2.75, 3.05) is 24.5 Å². The molecule has 1 aliphatic rings. The topological polar surface area (TPSA) is 63.1 Å². The number of halogens is 2. The summed E-state index contributed by atoms with van der Waals surface area (Å²) in [5.74, 6) is 0.284. The van der Waals surface area contributed by atoms with Crippen molar-refractivity contribution in [3.8, 4) is 16.9 Å². The maximum atomic E-state index is 14.8. The molecule has 0 amide bonds. The molecule has 1 aliphatic heterocycles. The van der Waals surface area contributed by atoms with Gasteiger partial charge in [-0.1, -0.05) is 55.8 Å². The fourth-order valence-electron chi connectivity index (χ4n) is 4.98. The molecule has 5 rings (SSSR count). The average molecular weight is 506 g/mol. The van der Waals surface area contributed by atoms with E-state index >= 15 is 0 Å². The first-order chi connectivity index (χ1) is 17.3. The van der Waals surface area contributed by atoms with Gasteiger partial charge in [0.05, 0.1) is 21.8 Å². The monoisotopic (exact) mass is 505 g/mol. The van der Waals surface area contributed by atoms with E-state index < -0.39 is 11.5 Å². The molecule has 36 heavy (non-hydrogen) atoms. The highest BCUT2D eigenvalue weighted by Gasteiger charge is 2.27. The van der Waals surface area contributed by atoms with E-state index in [2.05, 4.69) is 36.0 Å². The first-order valence-electron chi connectivity index (χ1n) is 12.2. The number of fused-ring (bicyclic) bond motifs is 1. The average Bonchev–Trinajstić information content (AvgIpc) is 2.85. The smallest absolute Gasteiger partial charge is 0.351 e. The molecule has 0 aliphatic carbocycles. The SMILES string of the molecule is Cc1cccc(C(C)C)c1-n1c(=O)nc(N2CCNCC2C)c2cc(Cl)c(-c3ccccc3F)nc21. The Kier molecular flexibility index (Phi) is 6.53. The van der Waals surface area contributed by atoms with Crippen molar-refractivity contribution in [3.05, 3.63) is 81.0 Å². The number of anilines is 1. The predicted octanol–water partition coefficient (Wildman–Crippen LogP) is 5.47. The largest absolute Gasteiger partial charge is 0.355 e. The summed E-state index contributed by atoms with van der Waals surface area (Å²) in [5, 5.41) is 4.34. The molecule has 1 fully saturated rings. The summed E-state index contributed by atoms with van der Waals surface area (Å²) < 4.78 is 16.4. The highest BCUT2D eigenvalue weighted by molar-refractivity contribution is 6.33. The van der Waals surface area contributed by atoms with Crippen LogP contribution in [0.3, 0.4) is 0 Å². The number of hydrogen-bond acceptors (Lipinski definition) is 5. The van der Waals surface area contributed by atoms with E-state index in [1.807, 2.05) is 25.1 Å². The summed E-state index contributed by atoms with van der Waals surface area (Å²) in [6.07, 6.45) is 0. The van der Waals surface area contributed by atoms with Gasteiger partial charge >= 0.3 is 5.69 Å². The normalized spacial score (nSPS) is 16.2. The third-order valence-corrected chi connectivity index (χ3v) is 7.11. The zero-order chi connectivity index (χ0) is 25.6. The Hall–Kier alpha value is -3.29. The van der Waals surface area contributed by atoms with Crippen LogP contribution in [0.2, 0.25) is 5.02 Å². The van der Waals surface area contributed by atoms with E-state index in [1.165, 1.54) is 6.07 Å². The quantitative estimate of drug-likeness (QED) is 0.398. The first kappa shape index (κ1) is 24.4. The highest BCUT2D eigenvalue weighted by atomic mass is 35.5. The number of benzene rings is 2. The number of rotatable bonds is 4. The second kappa shape index (κ2) is 9.64. The predicted molar refractivity (Wildman–Crippen MR) is 144 cm³/mol. The lowest BCUT2D eigenvalue weighted by molar-refractivity contribution is 0.497. The lowest BCUT2D eigenvalue weighted by Crippen LogP contribution is -2.50. The molecule has 2 aromatic carbocycles. The molecule has 1 N–H and O–H groups in total. The summed E-state index contributed by atoms with van der Waals surface area (Å²) in [6, 6.07) is 14.3. The molecule has 1 saturated heterocycles. The minimum atomic E-state index is -0.427. The van der Waals surface area contributed by atoms with E-state index in [-0.39, 0.29) is 17.5 Å². The van der Waals surface area contributed by atoms with Gasteiger partial charge in [-0.05, 0) is 49.1 Å². The fraction of sp³-hybridized carbons (Fsp3) is 0.321. The maximum Gasteiger partial charge on any atom is 0.355 e. The standard InChI is InChI=1S/C28H29ClFN5O/c1-16(2)19-10-7-8-17(3)25(19)35-27-21(26(33-28(35)36)34-13-12-31-15-18(34)4)14-22(29)24(32-27)20-9-5-6-11-23(20)30/h5-11,14,16,18,31H,12-13,15H2,1-4H3. The summed E-state index contributed by atoms with van der Waals surface area (Å²) in [5.41, 5.74) is 3.26. The zero-order valence-corrected chi connectivity index (χ0v) is 21.6. The van der Waals surface area contributed by atoms with Crippen LogP contribution in [0.1, 0.15) is 37.8 Å². The molecule has 1 unspecified atom stereocenters. The van der Waals surface area contributed by atoms with E-state index in [0.29, 0.717) is 34.1 Å². The molecule has 0 saturated carbocycles. The van der Waals surface area contributed by atoms with Gasteiger partial charge in [-0.25, -0.2) is 18.7 Å². The Balaban J connectivity index is 1.90. The maximum absolute atomic E-state index is 14.8. The van der Waals surface area contributed by atoms with Crippen molar-refractivity contribution >= 4 is 28.5 Å². The molecule has 0 radical (unpaired) electrons. The van der Waals surface area contributed by atoms with Crippen LogP contribution in [-0.4, -0.2) is 40.2 Å².